The largest absolute Gasteiger partial charge is 0.500 e. The van der Waals surface area contributed by atoms with Crippen molar-refractivity contribution in [2.24, 2.45) is 0 Å². The third kappa shape index (κ3) is 5.03. The number of benzene rings is 2. The molecule has 0 atom stereocenters. The SMILES string of the molecule is CCOc1cc(/C=C2/SC(=O)N(CC(=O)Nc3cccc(F)c3)C2=O)cc([N+](=O)[O-])c1O. The Morgan fingerprint density at radius 2 is 2.09 bits per heavy atom. The third-order valence-electron chi connectivity index (χ3n) is 4.16. The molecule has 2 aromatic carbocycles. The number of rotatable bonds is 7. The van der Waals surface area contributed by atoms with Gasteiger partial charge in [-0.2, -0.15) is 0 Å². The molecule has 2 N–H and O–H groups in total. The van der Waals surface area contributed by atoms with E-state index in [0.29, 0.717) is 16.7 Å². The van der Waals surface area contributed by atoms with E-state index >= 15 is 0 Å². The van der Waals surface area contributed by atoms with Crippen molar-refractivity contribution in [3.8, 4) is 11.5 Å². The average Bonchev–Trinajstić information content (AvgIpc) is 2.97. The van der Waals surface area contributed by atoms with Gasteiger partial charge in [0.2, 0.25) is 11.7 Å². The standard InChI is InChI=1S/C20H16FN3O7S/c1-2-31-15-7-11(6-14(18(15)26)24(29)30)8-16-19(27)23(20(28)32-16)10-17(25)22-13-5-3-4-12(21)9-13/h3-9,26H,2,10H2,1H3,(H,22,25)/b16-8+. The minimum absolute atomic E-state index is 0.0732. The number of phenolic OH excluding ortho intramolecular Hbond substituents is 1. The highest BCUT2D eigenvalue weighted by Gasteiger charge is 2.36. The van der Waals surface area contributed by atoms with E-state index in [1.54, 1.807) is 6.92 Å². The van der Waals surface area contributed by atoms with Crippen LogP contribution in [0.3, 0.4) is 0 Å². The predicted octanol–water partition coefficient (Wildman–Crippen LogP) is 3.51. The lowest BCUT2D eigenvalue weighted by atomic mass is 10.1. The lowest BCUT2D eigenvalue weighted by Gasteiger charge is -2.12. The van der Waals surface area contributed by atoms with Gasteiger partial charge in [-0.05, 0) is 54.6 Å². The molecule has 1 aliphatic heterocycles. The number of imide groups is 1. The molecule has 1 heterocycles. The number of amides is 3. The fourth-order valence-corrected chi connectivity index (χ4v) is 3.64. The first-order valence-electron chi connectivity index (χ1n) is 9.14. The van der Waals surface area contributed by atoms with E-state index in [9.17, 15) is 34.0 Å². The molecule has 3 amide bonds. The Balaban J connectivity index is 1.80. The Hall–Kier alpha value is -3.93. The Morgan fingerprint density at radius 3 is 2.75 bits per heavy atom. The highest BCUT2D eigenvalue weighted by Crippen LogP contribution is 2.39. The molecule has 0 radical (unpaired) electrons. The smallest absolute Gasteiger partial charge is 0.315 e. The summed E-state index contributed by atoms with van der Waals surface area (Å²) in [5.74, 6) is -2.86. The van der Waals surface area contributed by atoms with Crippen LogP contribution in [0.15, 0.2) is 41.3 Å². The lowest BCUT2D eigenvalue weighted by Crippen LogP contribution is -2.36. The summed E-state index contributed by atoms with van der Waals surface area (Å²) < 4.78 is 18.4. The van der Waals surface area contributed by atoms with E-state index in [4.69, 9.17) is 4.74 Å². The van der Waals surface area contributed by atoms with Gasteiger partial charge in [-0.15, -0.1) is 0 Å². The maximum atomic E-state index is 13.2. The zero-order valence-electron chi connectivity index (χ0n) is 16.5. The molecule has 3 rings (SSSR count). The van der Waals surface area contributed by atoms with Crippen LogP contribution in [0.1, 0.15) is 12.5 Å². The van der Waals surface area contributed by atoms with Crippen LogP contribution in [-0.2, 0) is 9.59 Å². The number of nitro benzene ring substituents is 1. The topological polar surface area (TPSA) is 139 Å². The number of carbonyl (C=O) groups excluding carboxylic acids is 3. The number of nitro groups is 1. The van der Waals surface area contributed by atoms with Crippen molar-refractivity contribution in [3.05, 3.63) is 62.8 Å². The summed E-state index contributed by atoms with van der Waals surface area (Å²) >= 11 is 0.550. The molecule has 32 heavy (non-hydrogen) atoms. The van der Waals surface area contributed by atoms with Crippen molar-refractivity contribution in [3.63, 3.8) is 0 Å². The van der Waals surface area contributed by atoms with Gasteiger partial charge < -0.3 is 15.2 Å². The number of carbonyl (C=O) groups is 3. The van der Waals surface area contributed by atoms with Crippen molar-refractivity contribution in [1.82, 2.24) is 4.90 Å². The first-order chi connectivity index (χ1) is 15.2. The number of phenols is 1. The summed E-state index contributed by atoms with van der Waals surface area (Å²) in [5.41, 5.74) is -0.319. The highest BCUT2D eigenvalue weighted by atomic mass is 32.2. The summed E-state index contributed by atoms with van der Waals surface area (Å²) in [4.78, 5) is 48.1. The van der Waals surface area contributed by atoms with E-state index in [-0.39, 0.29) is 28.5 Å². The van der Waals surface area contributed by atoms with Gasteiger partial charge in [-0.1, -0.05) is 6.07 Å². The summed E-state index contributed by atoms with van der Waals surface area (Å²) in [6.45, 7) is 1.15. The van der Waals surface area contributed by atoms with Crippen molar-refractivity contribution < 1.29 is 33.5 Å². The van der Waals surface area contributed by atoms with Gasteiger partial charge >= 0.3 is 5.69 Å². The second-order valence-corrected chi connectivity index (χ2v) is 7.40. The van der Waals surface area contributed by atoms with Crippen LogP contribution in [0.2, 0.25) is 0 Å². The van der Waals surface area contributed by atoms with Gasteiger partial charge in [-0.25, -0.2) is 4.39 Å². The molecule has 0 bridgehead atoms. The van der Waals surface area contributed by atoms with Gasteiger partial charge in [-0.3, -0.25) is 29.4 Å². The molecule has 0 aliphatic carbocycles. The number of ether oxygens (including phenoxy) is 1. The molecule has 166 valence electrons. The van der Waals surface area contributed by atoms with E-state index in [1.165, 1.54) is 30.3 Å². The monoisotopic (exact) mass is 461 g/mol. The number of thioether (sulfide) groups is 1. The maximum Gasteiger partial charge on any atom is 0.315 e. The van der Waals surface area contributed by atoms with E-state index in [0.717, 1.165) is 12.1 Å². The number of aromatic hydroxyl groups is 1. The van der Waals surface area contributed by atoms with E-state index in [2.05, 4.69) is 5.32 Å². The fraction of sp³-hybridized carbons (Fsp3) is 0.150. The van der Waals surface area contributed by atoms with Crippen LogP contribution in [0.5, 0.6) is 11.5 Å². The molecule has 2 aromatic rings. The minimum atomic E-state index is -0.808. The quantitative estimate of drug-likeness (QED) is 0.363. The second-order valence-electron chi connectivity index (χ2n) is 6.40. The summed E-state index contributed by atoms with van der Waals surface area (Å²) in [6.07, 6.45) is 1.23. The molecular weight excluding hydrogens is 445 g/mol. The normalized spacial score (nSPS) is 14.7. The van der Waals surface area contributed by atoms with E-state index in [1.807, 2.05) is 0 Å². The molecule has 1 fully saturated rings. The van der Waals surface area contributed by atoms with E-state index < -0.39 is 45.8 Å². The Morgan fingerprint density at radius 1 is 1.34 bits per heavy atom. The van der Waals surface area contributed by atoms with Crippen LogP contribution in [0.4, 0.5) is 20.6 Å². The van der Waals surface area contributed by atoms with Gasteiger partial charge in [0.05, 0.1) is 16.4 Å². The third-order valence-corrected chi connectivity index (χ3v) is 5.06. The molecule has 0 saturated carbocycles. The molecule has 0 aromatic heterocycles. The van der Waals surface area contributed by atoms with Crippen LogP contribution in [0.25, 0.3) is 6.08 Å². The number of anilines is 1. The molecule has 12 heteroatoms. The summed E-state index contributed by atoms with van der Waals surface area (Å²) in [5, 5.41) is 22.8. The van der Waals surface area contributed by atoms with Gasteiger partial charge in [0.1, 0.15) is 12.4 Å². The number of hydrogen-bond donors (Lipinski definition) is 2. The van der Waals surface area contributed by atoms with Crippen LogP contribution in [-0.4, -0.2) is 45.1 Å². The van der Waals surface area contributed by atoms with Crippen molar-refractivity contribution in [2.45, 2.75) is 6.92 Å². The minimum Gasteiger partial charge on any atom is -0.500 e. The van der Waals surface area contributed by atoms with Gasteiger partial charge in [0.25, 0.3) is 11.1 Å². The molecule has 1 aliphatic rings. The van der Waals surface area contributed by atoms with Crippen molar-refractivity contribution >= 4 is 46.3 Å². The zero-order chi connectivity index (χ0) is 23.4. The summed E-state index contributed by atoms with van der Waals surface area (Å²) in [6, 6.07) is 7.43. The summed E-state index contributed by atoms with van der Waals surface area (Å²) in [7, 11) is 0. The van der Waals surface area contributed by atoms with Gasteiger partial charge in [0.15, 0.2) is 5.75 Å². The highest BCUT2D eigenvalue weighted by molar-refractivity contribution is 8.18. The van der Waals surface area contributed by atoms with Crippen molar-refractivity contribution in [1.29, 1.82) is 0 Å². The maximum absolute atomic E-state index is 13.2. The number of hydrogen-bond acceptors (Lipinski definition) is 8. The predicted molar refractivity (Wildman–Crippen MR) is 114 cm³/mol. The number of halogens is 1. The number of nitrogens with zero attached hydrogens (tertiary/aromatic N) is 2. The zero-order valence-corrected chi connectivity index (χ0v) is 17.3. The average molecular weight is 461 g/mol. The molecule has 0 unspecified atom stereocenters. The first kappa shape index (κ1) is 22.7. The van der Waals surface area contributed by atoms with Crippen LogP contribution in [0, 0.1) is 15.9 Å². The molecule has 10 nitrogen and oxygen atoms in total. The molecule has 0 spiro atoms. The first-order valence-corrected chi connectivity index (χ1v) is 9.96. The fourth-order valence-electron chi connectivity index (χ4n) is 2.80. The Labute approximate surface area is 184 Å². The Kier molecular flexibility index (Phi) is 6.73. The Bertz CT molecular complexity index is 1150. The van der Waals surface area contributed by atoms with Crippen LogP contribution < -0.4 is 10.1 Å². The second kappa shape index (κ2) is 9.47. The van der Waals surface area contributed by atoms with Crippen molar-refractivity contribution in [2.75, 3.05) is 18.5 Å². The number of nitrogens with one attached hydrogen (secondary N) is 1. The molecular formula is C20H16FN3O7S. The van der Waals surface area contributed by atoms with Gasteiger partial charge in [0, 0.05) is 11.8 Å². The molecule has 1 saturated heterocycles. The van der Waals surface area contributed by atoms with Crippen LogP contribution >= 0.6 is 11.8 Å². The lowest BCUT2D eigenvalue weighted by molar-refractivity contribution is -0.386.